The second kappa shape index (κ2) is 5.33. The first-order chi connectivity index (χ1) is 8.59. The minimum Gasteiger partial charge on any atom is -0.497 e. The van der Waals surface area contributed by atoms with Crippen molar-refractivity contribution in [2.45, 2.75) is 46.0 Å². The molecule has 3 heteroatoms. The standard InChI is InChI=1S/C15H24O3/c1-4-13(15(2)7-8-15)18-10-11-5-6-12(9-11)14(16)17-3/h4,11-12H,5-10H2,1-3H3/b13-4-. The summed E-state index contributed by atoms with van der Waals surface area (Å²) in [5, 5.41) is 0. The lowest BCUT2D eigenvalue weighted by molar-refractivity contribution is -0.145. The maximum Gasteiger partial charge on any atom is 0.308 e. The SMILES string of the molecule is C/C=C(\OCC1CCC(C(=O)OC)C1)C1(C)CC1. The highest BCUT2D eigenvalue weighted by atomic mass is 16.5. The molecule has 0 amide bonds. The Kier molecular flexibility index (Phi) is 3.98. The molecule has 2 saturated carbocycles. The second-order valence-electron chi connectivity index (χ2n) is 5.92. The van der Waals surface area contributed by atoms with Gasteiger partial charge in [0.25, 0.3) is 0 Å². The van der Waals surface area contributed by atoms with Crippen molar-refractivity contribution >= 4 is 5.97 Å². The van der Waals surface area contributed by atoms with Crippen molar-refractivity contribution in [2.24, 2.45) is 17.3 Å². The van der Waals surface area contributed by atoms with Crippen LogP contribution in [0, 0.1) is 17.3 Å². The van der Waals surface area contributed by atoms with E-state index in [9.17, 15) is 4.79 Å². The van der Waals surface area contributed by atoms with Gasteiger partial charge in [-0.15, -0.1) is 0 Å². The Labute approximate surface area is 110 Å². The van der Waals surface area contributed by atoms with E-state index in [1.54, 1.807) is 0 Å². The van der Waals surface area contributed by atoms with Gasteiger partial charge in [-0.3, -0.25) is 4.79 Å². The predicted octanol–water partition coefficient (Wildman–Crippen LogP) is 3.30. The zero-order valence-electron chi connectivity index (χ0n) is 11.7. The van der Waals surface area contributed by atoms with E-state index in [1.165, 1.54) is 20.0 Å². The van der Waals surface area contributed by atoms with E-state index in [0.717, 1.165) is 31.6 Å². The Hall–Kier alpha value is -0.990. The number of allylic oxidation sites excluding steroid dienone is 2. The van der Waals surface area contributed by atoms with Crippen LogP contribution in [0.4, 0.5) is 0 Å². The quantitative estimate of drug-likeness (QED) is 0.556. The molecule has 102 valence electrons. The number of carbonyl (C=O) groups excluding carboxylic acids is 1. The molecule has 0 saturated heterocycles. The van der Waals surface area contributed by atoms with Gasteiger partial charge in [-0.2, -0.15) is 0 Å². The summed E-state index contributed by atoms with van der Waals surface area (Å²) in [4.78, 5) is 11.4. The molecule has 2 aliphatic rings. The lowest BCUT2D eigenvalue weighted by Gasteiger charge is -2.18. The molecule has 18 heavy (non-hydrogen) atoms. The summed E-state index contributed by atoms with van der Waals surface area (Å²) in [5.74, 6) is 1.68. The van der Waals surface area contributed by atoms with Gasteiger partial charge in [0, 0.05) is 5.41 Å². The topological polar surface area (TPSA) is 35.5 Å². The van der Waals surface area contributed by atoms with Crippen LogP contribution in [0.1, 0.15) is 46.0 Å². The van der Waals surface area contributed by atoms with E-state index in [1.807, 2.05) is 6.92 Å². The molecule has 0 heterocycles. The third kappa shape index (κ3) is 2.88. The summed E-state index contributed by atoms with van der Waals surface area (Å²) in [6.45, 7) is 5.06. The van der Waals surface area contributed by atoms with Gasteiger partial charge in [0.1, 0.15) is 0 Å². The molecular weight excluding hydrogens is 228 g/mol. The van der Waals surface area contributed by atoms with Gasteiger partial charge in [0.05, 0.1) is 25.4 Å². The highest BCUT2D eigenvalue weighted by Crippen LogP contribution is 2.51. The average molecular weight is 252 g/mol. The van der Waals surface area contributed by atoms with Crippen molar-refractivity contribution in [3.8, 4) is 0 Å². The summed E-state index contributed by atoms with van der Waals surface area (Å²) in [7, 11) is 1.47. The Morgan fingerprint density at radius 1 is 1.39 bits per heavy atom. The Balaban J connectivity index is 1.77. The largest absolute Gasteiger partial charge is 0.497 e. The number of hydrogen-bond donors (Lipinski definition) is 0. The van der Waals surface area contributed by atoms with E-state index in [0.29, 0.717) is 11.3 Å². The lowest BCUT2D eigenvalue weighted by atomic mass is 10.1. The van der Waals surface area contributed by atoms with Crippen LogP contribution in [0.25, 0.3) is 0 Å². The molecule has 0 aliphatic heterocycles. The van der Waals surface area contributed by atoms with Crippen LogP contribution >= 0.6 is 0 Å². The number of rotatable bonds is 5. The van der Waals surface area contributed by atoms with Crippen LogP contribution in [0.15, 0.2) is 11.8 Å². The van der Waals surface area contributed by atoms with Gasteiger partial charge in [0.2, 0.25) is 0 Å². The molecule has 0 spiro atoms. The number of carbonyl (C=O) groups is 1. The maximum absolute atomic E-state index is 11.4. The molecule has 0 N–H and O–H groups in total. The first-order valence-corrected chi connectivity index (χ1v) is 6.96. The average Bonchev–Trinajstić information content (AvgIpc) is 2.94. The molecule has 2 unspecified atom stereocenters. The number of methoxy groups -OCH3 is 1. The number of hydrogen-bond acceptors (Lipinski definition) is 3. The van der Waals surface area contributed by atoms with Gasteiger partial charge in [-0.25, -0.2) is 0 Å². The Morgan fingerprint density at radius 3 is 2.67 bits per heavy atom. The Morgan fingerprint density at radius 2 is 2.11 bits per heavy atom. The van der Waals surface area contributed by atoms with Crippen molar-refractivity contribution in [1.82, 2.24) is 0 Å². The first-order valence-electron chi connectivity index (χ1n) is 6.96. The second-order valence-corrected chi connectivity index (χ2v) is 5.92. The first kappa shape index (κ1) is 13.4. The highest BCUT2D eigenvalue weighted by Gasteiger charge is 2.42. The smallest absolute Gasteiger partial charge is 0.308 e. The maximum atomic E-state index is 11.4. The fraction of sp³-hybridized carbons (Fsp3) is 0.800. The van der Waals surface area contributed by atoms with Crippen LogP contribution in [-0.2, 0) is 14.3 Å². The summed E-state index contributed by atoms with van der Waals surface area (Å²) in [6, 6.07) is 0. The van der Waals surface area contributed by atoms with Gasteiger partial charge < -0.3 is 9.47 Å². The van der Waals surface area contributed by atoms with Crippen LogP contribution in [0.5, 0.6) is 0 Å². The van der Waals surface area contributed by atoms with E-state index in [2.05, 4.69) is 13.0 Å². The lowest BCUT2D eigenvalue weighted by Crippen LogP contribution is -2.15. The fourth-order valence-corrected chi connectivity index (χ4v) is 2.85. The summed E-state index contributed by atoms with van der Waals surface area (Å²) in [5.41, 5.74) is 0.301. The zero-order chi connectivity index (χ0) is 13.2. The summed E-state index contributed by atoms with van der Waals surface area (Å²) in [6.07, 6.45) is 7.51. The van der Waals surface area contributed by atoms with Gasteiger partial charge in [0.15, 0.2) is 0 Å². The van der Waals surface area contributed by atoms with E-state index in [-0.39, 0.29) is 11.9 Å². The van der Waals surface area contributed by atoms with Gasteiger partial charge in [-0.1, -0.05) is 6.92 Å². The van der Waals surface area contributed by atoms with Crippen molar-refractivity contribution in [1.29, 1.82) is 0 Å². The molecule has 0 aromatic rings. The van der Waals surface area contributed by atoms with Gasteiger partial charge >= 0.3 is 5.97 Å². The zero-order valence-corrected chi connectivity index (χ0v) is 11.7. The van der Waals surface area contributed by atoms with Crippen LogP contribution in [0.2, 0.25) is 0 Å². The summed E-state index contributed by atoms with van der Waals surface area (Å²) < 4.78 is 10.8. The molecule has 2 rings (SSSR count). The Bertz CT molecular complexity index is 342. The van der Waals surface area contributed by atoms with Crippen molar-refractivity contribution in [3.63, 3.8) is 0 Å². The monoisotopic (exact) mass is 252 g/mol. The summed E-state index contributed by atoms with van der Waals surface area (Å²) >= 11 is 0. The number of ether oxygens (including phenoxy) is 2. The van der Waals surface area contributed by atoms with Crippen LogP contribution in [0.3, 0.4) is 0 Å². The third-order valence-corrected chi connectivity index (χ3v) is 4.41. The molecule has 2 fully saturated rings. The third-order valence-electron chi connectivity index (χ3n) is 4.41. The van der Waals surface area contributed by atoms with Crippen molar-refractivity contribution in [2.75, 3.05) is 13.7 Å². The molecule has 0 aromatic heterocycles. The fourth-order valence-electron chi connectivity index (χ4n) is 2.85. The molecule has 0 radical (unpaired) electrons. The molecular formula is C15H24O3. The van der Waals surface area contributed by atoms with Crippen LogP contribution < -0.4 is 0 Å². The molecule has 2 aliphatic carbocycles. The molecule has 0 aromatic carbocycles. The predicted molar refractivity (Wildman–Crippen MR) is 69.9 cm³/mol. The van der Waals surface area contributed by atoms with Crippen LogP contribution in [-0.4, -0.2) is 19.7 Å². The molecule has 3 nitrogen and oxygen atoms in total. The van der Waals surface area contributed by atoms with Gasteiger partial charge in [-0.05, 0) is 51.0 Å². The molecule has 2 atom stereocenters. The normalized spacial score (nSPS) is 30.1. The van der Waals surface area contributed by atoms with E-state index >= 15 is 0 Å². The van der Waals surface area contributed by atoms with Crippen molar-refractivity contribution in [3.05, 3.63) is 11.8 Å². The molecule has 0 bridgehead atoms. The number of esters is 1. The van der Waals surface area contributed by atoms with E-state index in [4.69, 9.17) is 9.47 Å². The highest BCUT2D eigenvalue weighted by molar-refractivity contribution is 5.72. The minimum atomic E-state index is -0.0575. The van der Waals surface area contributed by atoms with Crippen molar-refractivity contribution < 1.29 is 14.3 Å². The van der Waals surface area contributed by atoms with E-state index < -0.39 is 0 Å². The minimum absolute atomic E-state index is 0.0575.